The summed E-state index contributed by atoms with van der Waals surface area (Å²) < 4.78 is 5.60. The third kappa shape index (κ3) is 4.96. The molecule has 1 heterocycles. The van der Waals surface area contributed by atoms with E-state index in [1.54, 1.807) is 55.5 Å². The number of aromatic nitrogens is 2. The molecule has 0 aliphatic carbocycles. The molecule has 0 radical (unpaired) electrons. The zero-order valence-corrected chi connectivity index (χ0v) is 16.2. The molecule has 0 saturated carbocycles. The van der Waals surface area contributed by atoms with Gasteiger partial charge in [-0.05, 0) is 62.4 Å². The average Bonchev–Trinajstić information content (AvgIpc) is 3.11. The number of carbonyl (C=O) groups excluding carboxylic acids is 2. The molecular formula is C19H16ClN3O3S. The fourth-order valence-electron chi connectivity index (χ4n) is 2.20. The molecule has 1 amide bonds. The molecule has 8 heteroatoms. The first-order chi connectivity index (χ1) is 12.9. The monoisotopic (exact) mass is 401 g/mol. The Balaban J connectivity index is 1.61. The molecule has 0 spiro atoms. The molecule has 1 atom stereocenters. The van der Waals surface area contributed by atoms with Crippen LogP contribution < -0.4 is 5.32 Å². The Bertz CT molecular complexity index is 955. The number of ketones is 1. The van der Waals surface area contributed by atoms with Crippen molar-refractivity contribution in [3.8, 4) is 11.5 Å². The molecule has 27 heavy (non-hydrogen) atoms. The van der Waals surface area contributed by atoms with Crippen molar-refractivity contribution in [2.75, 3.05) is 5.32 Å². The van der Waals surface area contributed by atoms with Crippen LogP contribution in [0, 0.1) is 0 Å². The highest BCUT2D eigenvalue weighted by atomic mass is 35.5. The van der Waals surface area contributed by atoms with Crippen LogP contribution in [0.1, 0.15) is 24.2 Å². The van der Waals surface area contributed by atoms with E-state index in [0.717, 1.165) is 5.56 Å². The lowest BCUT2D eigenvalue weighted by atomic mass is 10.1. The predicted molar refractivity (Wildman–Crippen MR) is 105 cm³/mol. The fourth-order valence-corrected chi connectivity index (χ4v) is 3.01. The topological polar surface area (TPSA) is 85.1 Å². The second-order valence-corrected chi connectivity index (χ2v) is 7.49. The molecule has 0 aliphatic heterocycles. The summed E-state index contributed by atoms with van der Waals surface area (Å²) in [4.78, 5) is 23.6. The molecule has 3 aromatic rings. The van der Waals surface area contributed by atoms with Crippen LogP contribution in [0.15, 0.2) is 58.2 Å². The molecule has 0 unspecified atom stereocenters. The summed E-state index contributed by atoms with van der Waals surface area (Å²) >= 11 is 7.03. The second kappa shape index (κ2) is 8.37. The molecule has 0 bridgehead atoms. The first-order valence-corrected chi connectivity index (χ1v) is 9.36. The summed E-state index contributed by atoms with van der Waals surface area (Å²) in [5.74, 6) is 0.132. The molecule has 1 aromatic heterocycles. The molecule has 6 nitrogen and oxygen atoms in total. The highest BCUT2D eigenvalue weighted by Gasteiger charge is 2.19. The van der Waals surface area contributed by atoms with Crippen LogP contribution in [0.3, 0.4) is 0 Å². The van der Waals surface area contributed by atoms with Gasteiger partial charge < -0.3 is 9.73 Å². The highest BCUT2D eigenvalue weighted by Crippen LogP contribution is 2.27. The van der Waals surface area contributed by atoms with Crippen molar-refractivity contribution in [3.63, 3.8) is 0 Å². The number of thioether (sulfide) groups is 1. The number of hydrogen-bond acceptors (Lipinski definition) is 6. The maximum absolute atomic E-state index is 12.3. The standard InChI is InChI=1S/C19H16ClN3O3S/c1-11(24)13-5-9-16(10-6-13)21-17(25)12(2)27-19-23-22-18(26-19)14-3-7-15(20)8-4-14/h3-10,12H,1-2H3,(H,21,25)/t12-/m1/s1. The largest absolute Gasteiger partial charge is 0.411 e. The van der Waals surface area contributed by atoms with Crippen LogP contribution in [0.4, 0.5) is 5.69 Å². The molecule has 0 aliphatic rings. The van der Waals surface area contributed by atoms with Crippen molar-refractivity contribution < 1.29 is 14.0 Å². The quantitative estimate of drug-likeness (QED) is 0.475. The minimum absolute atomic E-state index is 0.0234. The van der Waals surface area contributed by atoms with Crippen molar-refractivity contribution in [1.82, 2.24) is 10.2 Å². The number of rotatable bonds is 6. The SMILES string of the molecule is CC(=O)c1ccc(NC(=O)[C@@H](C)Sc2nnc(-c3ccc(Cl)cc3)o2)cc1. The summed E-state index contributed by atoms with van der Waals surface area (Å²) in [5, 5.41) is 11.2. The lowest BCUT2D eigenvalue weighted by Gasteiger charge is -2.10. The van der Waals surface area contributed by atoms with Gasteiger partial charge in [-0.2, -0.15) is 0 Å². The van der Waals surface area contributed by atoms with Gasteiger partial charge in [-0.15, -0.1) is 10.2 Å². The summed E-state index contributed by atoms with van der Waals surface area (Å²) in [6.07, 6.45) is 0. The third-order valence-corrected chi connectivity index (χ3v) is 4.89. The molecule has 1 N–H and O–H groups in total. The summed E-state index contributed by atoms with van der Waals surface area (Å²) in [5.41, 5.74) is 1.96. The van der Waals surface area contributed by atoms with Gasteiger partial charge in [0, 0.05) is 21.8 Å². The number of Topliss-reactive ketones (excluding diaryl/α,β-unsaturated/α-hetero) is 1. The van der Waals surface area contributed by atoms with Gasteiger partial charge in [-0.3, -0.25) is 9.59 Å². The molecule has 2 aromatic carbocycles. The van der Waals surface area contributed by atoms with E-state index in [2.05, 4.69) is 15.5 Å². The summed E-state index contributed by atoms with van der Waals surface area (Å²) in [6.45, 7) is 3.24. The fraction of sp³-hybridized carbons (Fsp3) is 0.158. The van der Waals surface area contributed by atoms with Gasteiger partial charge in [0.05, 0.1) is 5.25 Å². The Kier molecular flexibility index (Phi) is 5.93. The second-order valence-electron chi connectivity index (χ2n) is 5.76. The number of nitrogens with zero attached hydrogens (tertiary/aromatic N) is 2. The number of benzene rings is 2. The van der Waals surface area contributed by atoms with E-state index < -0.39 is 5.25 Å². The number of amides is 1. The summed E-state index contributed by atoms with van der Waals surface area (Å²) in [7, 11) is 0. The van der Waals surface area contributed by atoms with Gasteiger partial charge in [-0.25, -0.2) is 0 Å². The van der Waals surface area contributed by atoms with Crippen LogP contribution in [-0.2, 0) is 4.79 Å². The number of anilines is 1. The van der Waals surface area contributed by atoms with Crippen LogP contribution in [0.5, 0.6) is 0 Å². The molecular weight excluding hydrogens is 386 g/mol. The predicted octanol–water partition coefficient (Wildman–Crippen LogP) is 4.71. The highest BCUT2D eigenvalue weighted by molar-refractivity contribution is 8.00. The maximum atomic E-state index is 12.3. The van der Waals surface area contributed by atoms with E-state index in [-0.39, 0.29) is 11.7 Å². The lowest BCUT2D eigenvalue weighted by molar-refractivity contribution is -0.115. The van der Waals surface area contributed by atoms with Crippen molar-refractivity contribution in [2.24, 2.45) is 0 Å². The van der Waals surface area contributed by atoms with Crippen LogP contribution in [0.25, 0.3) is 11.5 Å². The first kappa shape index (κ1) is 19.1. The van der Waals surface area contributed by atoms with Gasteiger partial charge in [0.15, 0.2) is 5.78 Å². The smallest absolute Gasteiger partial charge is 0.277 e. The number of hydrogen-bond donors (Lipinski definition) is 1. The molecule has 0 fully saturated rings. The van der Waals surface area contributed by atoms with Crippen molar-refractivity contribution in [1.29, 1.82) is 0 Å². The molecule has 0 saturated heterocycles. The Hall–Kier alpha value is -2.64. The number of halogens is 1. The number of carbonyl (C=O) groups is 2. The zero-order valence-electron chi connectivity index (χ0n) is 14.6. The van der Waals surface area contributed by atoms with E-state index in [1.807, 2.05) is 0 Å². The van der Waals surface area contributed by atoms with Gasteiger partial charge >= 0.3 is 0 Å². The number of nitrogens with one attached hydrogen (secondary N) is 1. The first-order valence-electron chi connectivity index (χ1n) is 8.10. The van der Waals surface area contributed by atoms with Gasteiger partial charge in [-0.1, -0.05) is 23.4 Å². The van der Waals surface area contributed by atoms with Crippen molar-refractivity contribution in [3.05, 3.63) is 59.1 Å². The minimum Gasteiger partial charge on any atom is -0.411 e. The Morgan fingerprint density at radius 3 is 2.37 bits per heavy atom. The van der Waals surface area contributed by atoms with E-state index in [1.165, 1.54) is 18.7 Å². The zero-order chi connectivity index (χ0) is 19.4. The Labute approximate surface area is 165 Å². The van der Waals surface area contributed by atoms with Gasteiger partial charge in [0.25, 0.3) is 5.22 Å². The normalized spacial score (nSPS) is 11.8. The van der Waals surface area contributed by atoms with E-state index in [0.29, 0.717) is 27.4 Å². The third-order valence-electron chi connectivity index (χ3n) is 3.70. The van der Waals surface area contributed by atoms with Gasteiger partial charge in [0.1, 0.15) is 0 Å². The summed E-state index contributed by atoms with van der Waals surface area (Å²) in [6, 6.07) is 13.8. The van der Waals surface area contributed by atoms with E-state index in [4.69, 9.17) is 16.0 Å². The van der Waals surface area contributed by atoms with Gasteiger partial charge in [0.2, 0.25) is 11.8 Å². The van der Waals surface area contributed by atoms with Crippen molar-refractivity contribution in [2.45, 2.75) is 24.3 Å². The van der Waals surface area contributed by atoms with E-state index in [9.17, 15) is 9.59 Å². The Morgan fingerprint density at radius 2 is 1.74 bits per heavy atom. The minimum atomic E-state index is -0.448. The molecule has 3 rings (SSSR count). The van der Waals surface area contributed by atoms with Crippen molar-refractivity contribution >= 4 is 40.7 Å². The maximum Gasteiger partial charge on any atom is 0.277 e. The van der Waals surface area contributed by atoms with Crippen LogP contribution in [-0.4, -0.2) is 27.1 Å². The molecule has 138 valence electrons. The lowest BCUT2D eigenvalue weighted by Crippen LogP contribution is -2.22. The van der Waals surface area contributed by atoms with Crippen LogP contribution in [0.2, 0.25) is 5.02 Å². The average molecular weight is 402 g/mol. The van der Waals surface area contributed by atoms with E-state index >= 15 is 0 Å². The van der Waals surface area contributed by atoms with Crippen LogP contribution >= 0.6 is 23.4 Å². The Morgan fingerprint density at radius 1 is 1.07 bits per heavy atom.